The number of benzene rings is 1. The predicted octanol–water partition coefficient (Wildman–Crippen LogP) is 3.90. The van der Waals surface area contributed by atoms with Crippen LogP contribution in [0.1, 0.15) is 43.6 Å². The van der Waals surface area contributed by atoms with Crippen LogP contribution < -0.4 is 5.32 Å². The Labute approximate surface area is 158 Å². The molecule has 1 aromatic carbocycles. The summed E-state index contributed by atoms with van der Waals surface area (Å²) >= 11 is 6.19. The average molecular weight is 377 g/mol. The summed E-state index contributed by atoms with van der Waals surface area (Å²) in [5.74, 6) is 0.935. The van der Waals surface area contributed by atoms with Gasteiger partial charge in [0.25, 0.3) is 0 Å². The van der Waals surface area contributed by atoms with Crippen LogP contribution >= 0.6 is 11.6 Å². The minimum Gasteiger partial charge on any atom is -0.441 e. The van der Waals surface area contributed by atoms with Gasteiger partial charge in [0.2, 0.25) is 11.8 Å². The molecule has 26 heavy (non-hydrogen) atoms. The van der Waals surface area contributed by atoms with Crippen molar-refractivity contribution in [2.75, 3.05) is 13.2 Å². The molecule has 6 heteroatoms. The maximum absolute atomic E-state index is 12.4. The van der Waals surface area contributed by atoms with Crippen LogP contribution in [0.5, 0.6) is 0 Å². The first kappa shape index (κ1) is 18.9. The molecule has 0 radical (unpaired) electrons. The zero-order valence-electron chi connectivity index (χ0n) is 15.1. The quantitative estimate of drug-likeness (QED) is 0.801. The Morgan fingerprint density at radius 3 is 2.73 bits per heavy atom. The summed E-state index contributed by atoms with van der Waals surface area (Å²) in [4.78, 5) is 16.8. The molecule has 1 aliphatic carbocycles. The number of oxazole rings is 1. The molecule has 5 nitrogen and oxygen atoms in total. The highest BCUT2D eigenvalue weighted by molar-refractivity contribution is 6.33. The van der Waals surface area contributed by atoms with Gasteiger partial charge >= 0.3 is 0 Å². The van der Waals surface area contributed by atoms with E-state index >= 15 is 0 Å². The number of carbonyl (C=O) groups is 1. The number of hydrogen-bond acceptors (Lipinski definition) is 4. The van der Waals surface area contributed by atoms with E-state index in [1.807, 2.05) is 18.2 Å². The van der Waals surface area contributed by atoms with E-state index in [1.54, 1.807) is 13.0 Å². The number of aliphatic hydroxyl groups excluding tert-OH is 1. The highest BCUT2D eigenvalue weighted by atomic mass is 35.5. The van der Waals surface area contributed by atoms with Crippen molar-refractivity contribution in [2.24, 2.45) is 5.41 Å². The number of hydrogen-bond donors (Lipinski definition) is 2. The van der Waals surface area contributed by atoms with Gasteiger partial charge in [-0.1, -0.05) is 43.0 Å². The fourth-order valence-corrected chi connectivity index (χ4v) is 3.75. The Balaban J connectivity index is 1.64. The molecule has 1 fully saturated rings. The van der Waals surface area contributed by atoms with E-state index in [0.717, 1.165) is 25.7 Å². The van der Waals surface area contributed by atoms with Gasteiger partial charge in [-0.25, -0.2) is 4.98 Å². The Bertz CT molecular complexity index is 766. The summed E-state index contributed by atoms with van der Waals surface area (Å²) in [6, 6.07) is 7.33. The zero-order valence-corrected chi connectivity index (χ0v) is 15.8. The first-order valence-electron chi connectivity index (χ1n) is 9.12. The van der Waals surface area contributed by atoms with Crippen LogP contribution in [-0.2, 0) is 11.2 Å². The number of aryl methyl sites for hydroxylation is 1. The molecule has 140 valence electrons. The first-order chi connectivity index (χ1) is 12.5. The minimum absolute atomic E-state index is 0.106. The van der Waals surface area contributed by atoms with Crippen molar-refractivity contribution in [3.8, 4) is 11.5 Å². The Hall–Kier alpha value is -1.85. The van der Waals surface area contributed by atoms with Crippen LogP contribution in [0, 0.1) is 12.3 Å². The minimum atomic E-state index is -0.171. The number of halogens is 1. The maximum Gasteiger partial charge on any atom is 0.228 e. The lowest BCUT2D eigenvalue weighted by atomic mass is 9.74. The van der Waals surface area contributed by atoms with Crippen molar-refractivity contribution in [3.63, 3.8) is 0 Å². The highest BCUT2D eigenvalue weighted by Gasteiger charge is 2.31. The molecule has 2 N–H and O–H groups in total. The molecule has 1 aliphatic rings. The Morgan fingerprint density at radius 2 is 2.04 bits per heavy atom. The van der Waals surface area contributed by atoms with Gasteiger partial charge in [-0.3, -0.25) is 4.79 Å². The van der Waals surface area contributed by atoms with Crippen molar-refractivity contribution < 1.29 is 14.3 Å². The highest BCUT2D eigenvalue weighted by Crippen LogP contribution is 2.35. The van der Waals surface area contributed by atoms with Crippen LogP contribution in [0.15, 0.2) is 28.7 Å². The second-order valence-electron chi connectivity index (χ2n) is 7.17. The molecule has 2 aromatic rings. The molecule has 3 rings (SSSR count). The third-order valence-corrected chi connectivity index (χ3v) is 5.56. The van der Waals surface area contributed by atoms with Gasteiger partial charge in [0.15, 0.2) is 0 Å². The SMILES string of the molecule is Cc1oc(-c2ccccc2Cl)nc1CC(=O)NCC1(CO)CCCCC1. The van der Waals surface area contributed by atoms with Gasteiger partial charge in [0.1, 0.15) is 5.76 Å². The van der Waals surface area contributed by atoms with E-state index in [9.17, 15) is 9.90 Å². The Morgan fingerprint density at radius 1 is 1.31 bits per heavy atom. The Kier molecular flexibility index (Phi) is 5.99. The van der Waals surface area contributed by atoms with Crippen LogP contribution in [0.2, 0.25) is 5.02 Å². The van der Waals surface area contributed by atoms with Crippen LogP contribution in [-0.4, -0.2) is 29.1 Å². The zero-order chi connectivity index (χ0) is 18.6. The van der Waals surface area contributed by atoms with E-state index in [1.165, 1.54) is 6.42 Å². The lowest BCUT2D eigenvalue weighted by molar-refractivity contribution is -0.121. The summed E-state index contributed by atoms with van der Waals surface area (Å²) in [7, 11) is 0. The molecule has 0 spiro atoms. The predicted molar refractivity (Wildman–Crippen MR) is 101 cm³/mol. The number of amides is 1. The van der Waals surface area contributed by atoms with E-state index < -0.39 is 0 Å². The first-order valence-corrected chi connectivity index (χ1v) is 9.49. The van der Waals surface area contributed by atoms with E-state index in [2.05, 4.69) is 10.3 Å². The number of carbonyl (C=O) groups excluding carboxylic acids is 1. The number of rotatable bonds is 6. The molecule has 0 bridgehead atoms. The topological polar surface area (TPSA) is 75.4 Å². The second-order valence-corrected chi connectivity index (χ2v) is 7.58. The standard InChI is InChI=1S/C20H25ClN2O3/c1-14-17(23-19(26-14)15-7-3-4-8-16(15)21)11-18(25)22-12-20(13-24)9-5-2-6-10-20/h3-4,7-8,24H,2,5-6,9-13H2,1H3,(H,22,25). The lowest BCUT2D eigenvalue weighted by Gasteiger charge is -2.35. The number of nitrogens with zero attached hydrogens (tertiary/aromatic N) is 1. The average Bonchev–Trinajstić information content (AvgIpc) is 3.01. The molecule has 0 unspecified atom stereocenters. The largest absolute Gasteiger partial charge is 0.441 e. The maximum atomic E-state index is 12.4. The van der Waals surface area contributed by atoms with Crippen LogP contribution in [0.4, 0.5) is 0 Å². The molecule has 1 aromatic heterocycles. The molecular weight excluding hydrogens is 352 g/mol. The lowest BCUT2D eigenvalue weighted by Crippen LogP contribution is -2.41. The van der Waals surface area contributed by atoms with Gasteiger partial charge in [-0.05, 0) is 31.9 Å². The number of nitrogens with one attached hydrogen (secondary N) is 1. The van der Waals surface area contributed by atoms with Crippen molar-refractivity contribution in [1.82, 2.24) is 10.3 Å². The number of aromatic nitrogens is 1. The van der Waals surface area contributed by atoms with E-state index in [-0.39, 0.29) is 24.3 Å². The fraction of sp³-hybridized carbons (Fsp3) is 0.500. The van der Waals surface area contributed by atoms with Crippen molar-refractivity contribution in [1.29, 1.82) is 0 Å². The third kappa shape index (κ3) is 4.27. The van der Waals surface area contributed by atoms with Gasteiger partial charge in [-0.2, -0.15) is 0 Å². The van der Waals surface area contributed by atoms with Gasteiger partial charge in [-0.15, -0.1) is 0 Å². The smallest absolute Gasteiger partial charge is 0.228 e. The van der Waals surface area contributed by atoms with Crippen molar-refractivity contribution >= 4 is 17.5 Å². The van der Waals surface area contributed by atoms with E-state index in [4.69, 9.17) is 16.0 Å². The summed E-state index contributed by atoms with van der Waals surface area (Å²) in [6.07, 6.45) is 5.51. The number of aliphatic hydroxyl groups is 1. The summed E-state index contributed by atoms with van der Waals surface area (Å²) in [6.45, 7) is 2.43. The molecule has 0 saturated heterocycles. The van der Waals surface area contributed by atoms with Crippen LogP contribution in [0.3, 0.4) is 0 Å². The van der Waals surface area contributed by atoms with Crippen molar-refractivity contribution in [3.05, 3.63) is 40.7 Å². The van der Waals surface area contributed by atoms with E-state index in [0.29, 0.717) is 34.5 Å². The van der Waals surface area contributed by atoms with Gasteiger partial charge in [0, 0.05) is 12.0 Å². The van der Waals surface area contributed by atoms with Gasteiger partial charge < -0.3 is 14.8 Å². The summed E-state index contributed by atoms with van der Waals surface area (Å²) < 4.78 is 5.70. The monoisotopic (exact) mass is 376 g/mol. The van der Waals surface area contributed by atoms with Crippen molar-refractivity contribution in [2.45, 2.75) is 45.4 Å². The normalized spacial score (nSPS) is 16.4. The molecule has 0 atom stereocenters. The fourth-order valence-electron chi connectivity index (χ4n) is 3.54. The molecule has 0 aliphatic heterocycles. The molecule has 1 heterocycles. The molecule has 1 saturated carbocycles. The third-order valence-electron chi connectivity index (χ3n) is 5.24. The molecule has 1 amide bonds. The summed E-state index contributed by atoms with van der Waals surface area (Å²) in [5.41, 5.74) is 1.15. The van der Waals surface area contributed by atoms with Gasteiger partial charge in [0.05, 0.1) is 29.3 Å². The summed E-state index contributed by atoms with van der Waals surface area (Å²) in [5, 5.41) is 13.3. The van der Waals surface area contributed by atoms with Crippen LogP contribution in [0.25, 0.3) is 11.5 Å². The molecular formula is C20H25ClN2O3. The second kappa shape index (κ2) is 8.23.